The number of carbonyl (C=O) groups excluding carboxylic acids is 1. The highest BCUT2D eigenvalue weighted by Gasteiger charge is 2.46. The third-order valence-corrected chi connectivity index (χ3v) is 9.89. The zero-order valence-corrected chi connectivity index (χ0v) is 24.1. The molecule has 2 aliphatic heterocycles. The Bertz CT molecular complexity index is 1250. The Balaban J connectivity index is 1.37. The van der Waals surface area contributed by atoms with Crippen molar-refractivity contribution in [2.75, 3.05) is 45.9 Å². The molecule has 39 heavy (non-hydrogen) atoms. The van der Waals surface area contributed by atoms with Gasteiger partial charge in [0.1, 0.15) is 11.5 Å². The van der Waals surface area contributed by atoms with Crippen molar-refractivity contribution in [3.63, 3.8) is 0 Å². The van der Waals surface area contributed by atoms with Crippen LogP contribution < -0.4 is 0 Å². The minimum absolute atomic E-state index is 0.140. The molecule has 2 saturated heterocycles. The van der Waals surface area contributed by atoms with Crippen LogP contribution in [0.15, 0.2) is 41.6 Å². The first-order chi connectivity index (χ1) is 18.5. The summed E-state index contributed by atoms with van der Waals surface area (Å²) in [6.45, 7) is 2.13. The van der Waals surface area contributed by atoms with Gasteiger partial charge in [-0.2, -0.15) is 4.31 Å². The third kappa shape index (κ3) is 7.78. The molecule has 14 heteroatoms. The number of carbonyl (C=O) groups is 1. The summed E-state index contributed by atoms with van der Waals surface area (Å²) < 4.78 is 62.0. The number of sulfonamides is 1. The van der Waals surface area contributed by atoms with Crippen LogP contribution in [0.25, 0.3) is 0 Å². The van der Waals surface area contributed by atoms with Crippen molar-refractivity contribution in [2.24, 2.45) is 0 Å². The first kappa shape index (κ1) is 30.4. The van der Waals surface area contributed by atoms with Crippen molar-refractivity contribution < 1.29 is 26.7 Å². The molecule has 1 aromatic carbocycles. The zero-order chi connectivity index (χ0) is 28.2. The van der Waals surface area contributed by atoms with E-state index in [-0.39, 0.29) is 34.2 Å². The largest absolute Gasteiger partial charge is 0.370 e. The van der Waals surface area contributed by atoms with Gasteiger partial charge >= 0.3 is 0 Å². The highest BCUT2D eigenvalue weighted by Crippen LogP contribution is 2.39. The van der Waals surface area contributed by atoms with Crippen molar-refractivity contribution in [3.8, 4) is 0 Å². The van der Waals surface area contributed by atoms with Crippen LogP contribution in [0.4, 0.5) is 8.78 Å². The average molecular weight is 626 g/mol. The fourth-order valence-corrected chi connectivity index (χ4v) is 7.96. The predicted molar refractivity (Wildman–Crippen MR) is 145 cm³/mol. The molecule has 4 rings (SSSR count). The van der Waals surface area contributed by atoms with Gasteiger partial charge in [0.15, 0.2) is 0 Å². The summed E-state index contributed by atoms with van der Waals surface area (Å²) in [6, 6.07) is 5.15. The number of nitrogens with zero attached hydrogens (tertiary/aromatic N) is 4. The Kier molecular flexibility index (Phi) is 10.1. The maximum atomic E-state index is 14.3. The second-order valence-corrected chi connectivity index (χ2v) is 12.7. The molecule has 0 saturated carbocycles. The van der Waals surface area contributed by atoms with Crippen LogP contribution in [-0.4, -0.2) is 91.3 Å². The first-order valence-corrected chi connectivity index (χ1v) is 15.0. The number of alkyl halides is 2. The van der Waals surface area contributed by atoms with Gasteiger partial charge in [-0.05, 0) is 36.2 Å². The number of hydrogen-bond acceptors (Lipinski definition) is 6. The van der Waals surface area contributed by atoms with Gasteiger partial charge in [0.2, 0.25) is 15.9 Å². The van der Waals surface area contributed by atoms with Crippen LogP contribution in [-0.2, 0) is 26.1 Å². The van der Waals surface area contributed by atoms with E-state index in [0.29, 0.717) is 19.6 Å². The highest BCUT2D eigenvalue weighted by molar-refractivity contribution is 7.89. The first-order valence-electron chi connectivity index (χ1n) is 12.5. The van der Waals surface area contributed by atoms with Gasteiger partial charge in [-0.1, -0.05) is 34.8 Å². The number of aromatic nitrogens is 1. The number of hydrogen-bond donors (Lipinski definition) is 0. The van der Waals surface area contributed by atoms with Crippen LogP contribution in [0, 0.1) is 0 Å². The second kappa shape index (κ2) is 12.9. The molecule has 2 aromatic rings. The molecular formula is C25H29Cl3F2N4O4S. The van der Waals surface area contributed by atoms with E-state index in [1.165, 1.54) is 12.1 Å². The molecule has 1 aromatic heterocycles. The molecule has 0 unspecified atom stereocenters. The summed E-state index contributed by atoms with van der Waals surface area (Å²) in [5, 5.41) is -0.279. The zero-order valence-electron chi connectivity index (χ0n) is 21.0. The van der Waals surface area contributed by atoms with Gasteiger partial charge in [-0.15, -0.1) is 0 Å². The van der Waals surface area contributed by atoms with Crippen LogP contribution in [0.1, 0.15) is 24.8 Å². The van der Waals surface area contributed by atoms with Crippen molar-refractivity contribution >= 4 is 50.7 Å². The minimum atomic E-state index is -4.35. The number of piperidine rings is 1. The summed E-state index contributed by atoms with van der Waals surface area (Å²) in [7, 11) is -4.35. The van der Waals surface area contributed by atoms with E-state index in [0.717, 1.165) is 29.4 Å². The van der Waals surface area contributed by atoms with E-state index in [1.54, 1.807) is 17.3 Å². The molecule has 0 spiro atoms. The van der Waals surface area contributed by atoms with Crippen molar-refractivity contribution in [1.82, 2.24) is 19.1 Å². The number of benzene rings is 1. The molecule has 8 nitrogen and oxygen atoms in total. The summed E-state index contributed by atoms with van der Waals surface area (Å²) in [6.07, 6.45) is 2.85. The van der Waals surface area contributed by atoms with Gasteiger partial charge in [0.25, 0.3) is 5.92 Å². The van der Waals surface area contributed by atoms with E-state index in [2.05, 4.69) is 9.88 Å². The summed E-state index contributed by atoms with van der Waals surface area (Å²) in [4.78, 5) is 20.4. The Morgan fingerprint density at radius 2 is 1.74 bits per heavy atom. The minimum Gasteiger partial charge on any atom is -0.370 e. The lowest BCUT2D eigenvalue weighted by molar-refractivity contribution is -0.137. The van der Waals surface area contributed by atoms with Crippen LogP contribution in [0.5, 0.6) is 0 Å². The maximum Gasteiger partial charge on any atom is 0.251 e. The standard InChI is InChI=1S/C25H29Cl3F2N4O4S/c26-19-12-21(27)24(22(28)13-19)39(36,37)34-9-4-25(29,30)14-20(34)16-38-17-23(35)33-8-1-7-32(10-11-33)15-18-2-5-31-6-3-18/h2-3,5-6,12-13,20H,1,4,7-11,14-17H2/t20-/m0/s1. The number of halogens is 5. The Hall–Kier alpha value is -1.60. The van der Waals surface area contributed by atoms with Gasteiger partial charge in [0, 0.05) is 69.5 Å². The van der Waals surface area contributed by atoms with Crippen molar-refractivity contribution in [3.05, 3.63) is 57.3 Å². The van der Waals surface area contributed by atoms with Crippen molar-refractivity contribution in [1.29, 1.82) is 0 Å². The van der Waals surface area contributed by atoms with Crippen LogP contribution in [0.2, 0.25) is 15.1 Å². The molecule has 0 aliphatic carbocycles. The van der Waals surface area contributed by atoms with Gasteiger partial charge in [-0.25, -0.2) is 17.2 Å². The summed E-state index contributed by atoms with van der Waals surface area (Å²) in [5.41, 5.74) is 1.14. The van der Waals surface area contributed by atoms with E-state index >= 15 is 0 Å². The van der Waals surface area contributed by atoms with Crippen molar-refractivity contribution in [2.45, 2.75) is 42.7 Å². The SMILES string of the molecule is O=C(COC[C@@H]1CC(F)(F)CCN1S(=O)(=O)c1c(Cl)cc(Cl)cc1Cl)N1CCCN(Cc2ccncc2)CC1. The molecule has 0 radical (unpaired) electrons. The monoisotopic (exact) mass is 624 g/mol. The Morgan fingerprint density at radius 3 is 2.44 bits per heavy atom. The van der Waals surface area contributed by atoms with Gasteiger partial charge < -0.3 is 9.64 Å². The highest BCUT2D eigenvalue weighted by atomic mass is 35.5. The predicted octanol–water partition coefficient (Wildman–Crippen LogP) is 4.58. The topological polar surface area (TPSA) is 83.0 Å². The lowest BCUT2D eigenvalue weighted by atomic mass is 10.0. The molecule has 1 atom stereocenters. The number of amides is 1. The fraction of sp³-hybridized carbons (Fsp3) is 0.520. The van der Waals surface area contributed by atoms with E-state index in [1.807, 2.05) is 12.1 Å². The second-order valence-electron chi connectivity index (χ2n) is 9.66. The van der Waals surface area contributed by atoms with Crippen LogP contribution in [0.3, 0.4) is 0 Å². The molecule has 1 amide bonds. The third-order valence-electron chi connectivity index (χ3n) is 6.80. The number of rotatable bonds is 8. The lowest BCUT2D eigenvalue weighted by Crippen LogP contribution is -2.52. The Labute approximate surface area is 241 Å². The smallest absolute Gasteiger partial charge is 0.251 e. The lowest BCUT2D eigenvalue weighted by Gasteiger charge is -2.38. The average Bonchev–Trinajstić information content (AvgIpc) is 3.09. The molecule has 2 fully saturated rings. The summed E-state index contributed by atoms with van der Waals surface area (Å²) >= 11 is 18.2. The number of ether oxygens (including phenoxy) is 1. The van der Waals surface area contributed by atoms with Gasteiger partial charge in [-0.3, -0.25) is 14.7 Å². The molecule has 0 N–H and O–H groups in total. The summed E-state index contributed by atoms with van der Waals surface area (Å²) in [5.74, 6) is -3.36. The molecular weight excluding hydrogens is 597 g/mol. The molecule has 2 aliphatic rings. The molecule has 3 heterocycles. The quantitative estimate of drug-likeness (QED) is 0.427. The Morgan fingerprint density at radius 1 is 1.05 bits per heavy atom. The van der Waals surface area contributed by atoms with E-state index in [4.69, 9.17) is 39.5 Å². The fourth-order valence-electron chi connectivity index (χ4n) is 4.85. The van der Waals surface area contributed by atoms with Gasteiger partial charge in [0.05, 0.1) is 22.7 Å². The maximum absolute atomic E-state index is 14.3. The molecule has 0 bridgehead atoms. The van der Waals surface area contributed by atoms with E-state index in [9.17, 15) is 22.0 Å². The van der Waals surface area contributed by atoms with Crippen LogP contribution >= 0.6 is 34.8 Å². The molecule has 214 valence electrons. The number of pyridine rings is 1. The normalized spacial score (nSPS) is 21.1. The van der Waals surface area contributed by atoms with E-state index < -0.39 is 46.3 Å².